The van der Waals surface area contributed by atoms with Crippen molar-refractivity contribution in [2.45, 2.75) is 13.5 Å². The molecule has 17 heavy (non-hydrogen) atoms. The molecule has 88 valence electrons. The Bertz CT molecular complexity index is 516. The number of halogens is 1. The summed E-state index contributed by atoms with van der Waals surface area (Å²) in [6.07, 6.45) is 1.72. The van der Waals surface area contributed by atoms with Crippen molar-refractivity contribution in [1.29, 1.82) is 0 Å². The Kier molecular flexibility index (Phi) is 3.23. The number of benzene rings is 1. The van der Waals surface area contributed by atoms with Crippen LogP contribution in [-0.2, 0) is 6.54 Å². The maximum atomic E-state index is 12.7. The molecule has 0 saturated heterocycles. The van der Waals surface area contributed by atoms with Crippen LogP contribution in [-0.4, -0.2) is 10.9 Å². The molecule has 0 spiro atoms. The summed E-state index contributed by atoms with van der Waals surface area (Å²) >= 11 is 0. The highest BCUT2D eigenvalue weighted by Gasteiger charge is 2.08. The molecule has 0 aliphatic rings. The first-order valence-electron chi connectivity index (χ1n) is 5.33. The van der Waals surface area contributed by atoms with Gasteiger partial charge in [0.2, 0.25) is 0 Å². The van der Waals surface area contributed by atoms with Gasteiger partial charge in [-0.1, -0.05) is 12.1 Å². The van der Waals surface area contributed by atoms with Crippen LogP contribution in [0.15, 0.2) is 36.5 Å². The summed E-state index contributed by atoms with van der Waals surface area (Å²) in [7, 11) is 0. The van der Waals surface area contributed by atoms with E-state index in [2.05, 4.69) is 10.3 Å². The van der Waals surface area contributed by atoms with Gasteiger partial charge in [0.25, 0.3) is 5.91 Å². The molecule has 1 aromatic carbocycles. The maximum Gasteiger partial charge on any atom is 0.253 e. The number of hydrogen-bond donors (Lipinski definition) is 2. The third kappa shape index (κ3) is 2.72. The molecule has 1 amide bonds. The minimum atomic E-state index is -0.276. The number of H-pyrrole nitrogens is 1. The molecule has 0 aliphatic carbocycles. The van der Waals surface area contributed by atoms with E-state index in [4.69, 9.17) is 0 Å². The summed E-state index contributed by atoms with van der Waals surface area (Å²) in [5, 5.41) is 2.78. The van der Waals surface area contributed by atoms with Crippen LogP contribution in [0.4, 0.5) is 4.39 Å². The van der Waals surface area contributed by atoms with Crippen LogP contribution in [0.2, 0.25) is 0 Å². The van der Waals surface area contributed by atoms with E-state index in [0.29, 0.717) is 12.1 Å². The molecule has 0 unspecified atom stereocenters. The van der Waals surface area contributed by atoms with Gasteiger partial charge in [-0.15, -0.1) is 0 Å². The third-order valence-corrected chi connectivity index (χ3v) is 2.56. The zero-order valence-electron chi connectivity index (χ0n) is 9.46. The molecular formula is C13H13FN2O. The SMILES string of the molecule is Cc1[nH]ccc1C(=O)NCc1ccc(F)cc1. The van der Waals surface area contributed by atoms with Crippen LogP contribution in [0.1, 0.15) is 21.6 Å². The summed E-state index contributed by atoms with van der Waals surface area (Å²) in [6.45, 7) is 2.23. The Hall–Kier alpha value is -2.10. The second-order valence-electron chi connectivity index (χ2n) is 3.83. The first-order chi connectivity index (χ1) is 8.16. The second kappa shape index (κ2) is 4.82. The standard InChI is InChI=1S/C13H13FN2O/c1-9-12(6-7-15-9)13(17)16-8-10-2-4-11(14)5-3-10/h2-7,15H,8H2,1H3,(H,16,17). The fraction of sp³-hybridized carbons (Fsp3) is 0.154. The van der Waals surface area contributed by atoms with Gasteiger partial charge >= 0.3 is 0 Å². The number of amides is 1. The maximum absolute atomic E-state index is 12.7. The molecule has 1 aromatic heterocycles. The largest absolute Gasteiger partial charge is 0.365 e. The molecular weight excluding hydrogens is 219 g/mol. The number of aryl methyl sites for hydroxylation is 1. The lowest BCUT2D eigenvalue weighted by Gasteiger charge is -2.04. The number of carbonyl (C=O) groups excluding carboxylic acids is 1. The molecule has 0 aliphatic heterocycles. The number of nitrogens with one attached hydrogen (secondary N) is 2. The Labute approximate surface area is 98.7 Å². The molecule has 0 radical (unpaired) electrons. The van der Waals surface area contributed by atoms with Crippen molar-refractivity contribution in [2.24, 2.45) is 0 Å². The van der Waals surface area contributed by atoms with E-state index in [1.54, 1.807) is 24.4 Å². The summed E-state index contributed by atoms with van der Waals surface area (Å²) in [4.78, 5) is 14.7. The van der Waals surface area contributed by atoms with Gasteiger partial charge in [0.1, 0.15) is 5.82 Å². The van der Waals surface area contributed by atoms with Crippen molar-refractivity contribution in [3.05, 3.63) is 59.2 Å². The van der Waals surface area contributed by atoms with Crippen molar-refractivity contribution in [3.8, 4) is 0 Å². The van der Waals surface area contributed by atoms with Crippen molar-refractivity contribution in [2.75, 3.05) is 0 Å². The van der Waals surface area contributed by atoms with Gasteiger partial charge in [0.15, 0.2) is 0 Å². The summed E-state index contributed by atoms with van der Waals surface area (Å²) in [5.41, 5.74) is 2.33. The van der Waals surface area contributed by atoms with Gasteiger partial charge in [0, 0.05) is 18.4 Å². The highest BCUT2D eigenvalue weighted by molar-refractivity contribution is 5.95. The molecule has 2 N–H and O–H groups in total. The lowest BCUT2D eigenvalue weighted by Crippen LogP contribution is -2.23. The van der Waals surface area contributed by atoms with Crippen LogP contribution in [0.3, 0.4) is 0 Å². The van der Waals surface area contributed by atoms with E-state index < -0.39 is 0 Å². The molecule has 3 nitrogen and oxygen atoms in total. The number of hydrogen-bond acceptors (Lipinski definition) is 1. The number of aromatic nitrogens is 1. The minimum absolute atomic E-state index is 0.131. The molecule has 1 heterocycles. The van der Waals surface area contributed by atoms with E-state index >= 15 is 0 Å². The monoisotopic (exact) mass is 232 g/mol. The van der Waals surface area contributed by atoms with E-state index in [0.717, 1.165) is 11.3 Å². The Morgan fingerprint density at radius 3 is 2.59 bits per heavy atom. The van der Waals surface area contributed by atoms with Crippen molar-refractivity contribution < 1.29 is 9.18 Å². The van der Waals surface area contributed by atoms with Crippen LogP contribution in [0.25, 0.3) is 0 Å². The first kappa shape index (κ1) is 11.4. The quantitative estimate of drug-likeness (QED) is 0.838. The predicted molar refractivity (Wildman–Crippen MR) is 63.1 cm³/mol. The molecule has 0 bridgehead atoms. The Balaban J connectivity index is 1.97. The van der Waals surface area contributed by atoms with Crippen LogP contribution in [0, 0.1) is 12.7 Å². The molecule has 4 heteroatoms. The Morgan fingerprint density at radius 1 is 1.29 bits per heavy atom. The molecule has 0 saturated carbocycles. The molecule has 0 fully saturated rings. The summed E-state index contributed by atoms with van der Waals surface area (Å²) in [6, 6.07) is 7.79. The van der Waals surface area contributed by atoms with Gasteiger partial charge < -0.3 is 10.3 Å². The second-order valence-corrected chi connectivity index (χ2v) is 3.83. The van der Waals surface area contributed by atoms with E-state index in [1.165, 1.54) is 12.1 Å². The molecule has 0 atom stereocenters. The van der Waals surface area contributed by atoms with Crippen molar-refractivity contribution in [1.82, 2.24) is 10.3 Å². The van der Waals surface area contributed by atoms with Gasteiger partial charge in [-0.3, -0.25) is 4.79 Å². The topological polar surface area (TPSA) is 44.9 Å². The highest BCUT2D eigenvalue weighted by atomic mass is 19.1. The van der Waals surface area contributed by atoms with Gasteiger partial charge in [-0.25, -0.2) is 4.39 Å². The van der Waals surface area contributed by atoms with Gasteiger partial charge in [-0.05, 0) is 30.7 Å². The molecule has 2 aromatic rings. The lowest BCUT2D eigenvalue weighted by molar-refractivity contribution is 0.0950. The highest BCUT2D eigenvalue weighted by Crippen LogP contribution is 2.06. The van der Waals surface area contributed by atoms with E-state index in [-0.39, 0.29) is 11.7 Å². The van der Waals surface area contributed by atoms with Gasteiger partial charge in [-0.2, -0.15) is 0 Å². The number of carbonyl (C=O) groups is 1. The average molecular weight is 232 g/mol. The smallest absolute Gasteiger partial charge is 0.253 e. The van der Waals surface area contributed by atoms with E-state index in [9.17, 15) is 9.18 Å². The lowest BCUT2D eigenvalue weighted by atomic mass is 10.2. The normalized spacial score (nSPS) is 10.2. The average Bonchev–Trinajstić information content (AvgIpc) is 2.74. The van der Waals surface area contributed by atoms with Crippen LogP contribution in [0.5, 0.6) is 0 Å². The first-order valence-corrected chi connectivity index (χ1v) is 5.33. The minimum Gasteiger partial charge on any atom is -0.365 e. The van der Waals surface area contributed by atoms with Crippen molar-refractivity contribution in [3.63, 3.8) is 0 Å². The Morgan fingerprint density at radius 2 is 2.00 bits per heavy atom. The van der Waals surface area contributed by atoms with Crippen molar-refractivity contribution >= 4 is 5.91 Å². The fourth-order valence-corrected chi connectivity index (χ4v) is 1.58. The summed E-state index contributed by atoms with van der Waals surface area (Å²) < 4.78 is 12.7. The predicted octanol–water partition coefficient (Wildman–Crippen LogP) is 2.39. The third-order valence-electron chi connectivity index (χ3n) is 2.56. The fourth-order valence-electron chi connectivity index (χ4n) is 1.58. The van der Waals surface area contributed by atoms with E-state index in [1.807, 2.05) is 6.92 Å². The zero-order valence-corrected chi connectivity index (χ0v) is 9.46. The summed E-state index contributed by atoms with van der Waals surface area (Å²) in [5.74, 6) is -0.408. The van der Waals surface area contributed by atoms with Crippen LogP contribution < -0.4 is 5.32 Å². The number of rotatable bonds is 3. The zero-order chi connectivity index (χ0) is 12.3. The van der Waals surface area contributed by atoms with Gasteiger partial charge in [0.05, 0.1) is 5.56 Å². The van der Waals surface area contributed by atoms with Crippen LogP contribution >= 0.6 is 0 Å². The number of aromatic amines is 1. The molecule has 2 rings (SSSR count).